The van der Waals surface area contributed by atoms with Gasteiger partial charge in [0, 0.05) is 0 Å². The van der Waals surface area contributed by atoms with Crippen molar-refractivity contribution in [2.45, 2.75) is 13.0 Å². The summed E-state index contributed by atoms with van der Waals surface area (Å²) in [7, 11) is 0. The fourth-order valence-electron chi connectivity index (χ4n) is 1.01. The average molecular weight is 222 g/mol. The number of para-hydroxylation sites is 1. The van der Waals surface area contributed by atoms with E-state index in [2.05, 4.69) is 5.32 Å². The second kappa shape index (κ2) is 5.75. The molecule has 0 spiro atoms. The predicted octanol–water partition coefficient (Wildman–Crippen LogP) is -0.680. The van der Waals surface area contributed by atoms with E-state index in [1.165, 1.54) is 6.92 Å². The molecule has 1 aromatic carbocycles. The summed E-state index contributed by atoms with van der Waals surface area (Å²) in [5.74, 6) is -1.27. The first-order chi connectivity index (χ1) is 7.59. The Labute approximate surface area is 93.0 Å². The molecule has 1 amide bonds. The highest BCUT2D eigenvalue weighted by Gasteiger charge is 2.08. The molecule has 16 heavy (non-hydrogen) atoms. The number of hydrogen-bond acceptors (Lipinski definition) is 4. The Hall–Kier alpha value is -2.04. The van der Waals surface area contributed by atoms with Crippen LogP contribution in [0.4, 0.5) is 0 Å². The molecule has 0 aliphatic heterocycles. The first-order valence-electron chi connectivity index (χ1n) is 4.77. The highest BCUT2D eigenvalue weighted by molar-refractivity contribution is 5.83. The fraction of sp³-hybridized carbons (Fsp3) is 0.273. The smallest absolute Gasteiger partial charge is 0.258 e. The number of ether oxygens (including phenoxy) is 1. The first-order valence-corrected chi connectivity index (χ1v) is 4.77. The van der Waals surface area contributed by atoms with Gasteiger partial charge in [0.15, 0.2) is 6.61 Å². The summed E-state index contributed by atoms with van der Waals surface area (Å²) in [6, 6.07) is 7.76. The number of carbonyl (C=O) groups is 2. The van der Waals surface area contributed by atoms with Gasteiger partial charge in [-0.1, -0.05) is 18.2 Å². The SMILES string of the molecule is C[C@@H](NC(=O)COc1ccccc1)C(=O)[O-]. The molecule has 0 saturated heterocycles. The van der Waals surface area contributed by atoms with Crippen molar-refractivity contribution in [3.8, 4) is 5.75 Å². The molecule has 1 atom stereocenters. The van der Waals surface area contributed by atoms with Crippen LogP contribution < -0.4 is 15.2 Å². The lowest BCUT2D eigenvalue weighted by atomic mass is 10.3. The van der Waals surface area contributed by atoms with E-state index >= 15 is 0 Å². The van der Waals surface area contributed by atoms with Crippen LogP contribution >= 0.6 is 0 Å². The minimum Gasteiger partial charge on any atom is -0.548 e. The molecule has 0 saturated carbocycles. The minimum atomic E-state index is -1.33. The Bertz CT molecular complexity index is 364. The third-order valence-corrected chi connectivity index (χ3v) is 1.84. The van der Waals surface area contributed by atoms with Crippen molar-refractivity contribution in [3.05, 3.63) is 30.3 Å². The highest BCUT2D eigenvalue weighted by atomic mass is 16.5. The van der Waals surface area contributed by atoms with Crippen LogP contribution in [0.25, 0.3) is 0 Å². The van der Waals surface area contributed by atoms with E-state index in [-0.39, 0.29) is 6.61 Å². The van der Waals surface area contributed by atoms with Crippen LogP contribution in [0.15, 0.2) is 30.3 Å². The number of carboxylic acid groups (broad SMARTS) is 1. The summed E-state index contributed by atoms with van der Waals surface area (Å²) < 4.78 is 5.12. The Balaban J connectivity index is 2.33. The molecule has 1 rings (SSSR count). The zero-order valence-electron chi connectivity index (χ0n) is 8.80. The molecule has 0 radical (unpaired) electrons. The lowest BCUT2D eigenvalue weighted by Gasteiger charge is -2.14. The molecule has 0 aliphatic carbocycles. The van der Waals surface area contributed by atoms with E-state index in [0.717, 1.165) is 0 Å². The maximum atomic E-state index is 11.2. The van der Waals surface area contributed by atoms with Crippen molar-refractivity contribution in [2.75, 3.05) is 6.61 Å². The molecule has 0 aromatic heterocycles. The number of amides is 1. The standard InChI is InChI=1S/C11H13NO4/c1-8(11(14)15)12-10(13)7-16-9-5-3-2-4-6-9/h2-6,8H,7H2,1H3,(H,12,13)(H,14,15)/p-1/t8-/m1/s1. The van der Waals surface area contributed by atoms with Gasteiger partial charge in [0.25, 0.3) is 5.91 Å². The number of carboxylic acids is 1. The number of rotatable bonds is 5. The Kier molecular flexibility index (Phi) is 4.32. The third-order valence-electron chi connectivity index (χ3n) is 1.84. The molecule has 5 heteroatoms. The van der Waals surface area contributed by atoms with Gasteiger partial charge in [-0.05, 0) is 19.1 Å². The lowest BCUT2D eigenvalue weighted by Crippen LogP contribution is -2.47. The molecular weight excluding hydrogens is 210 g/mol. The number of nitrogens with one attached hydrogen (secondary N) is 1. The summed E-state index contributed by atoms with van der Waals surface area (Å²) in [5, 5.41) is 12.6. The van der Waals surface area contributed by atoms with Crippen molar-refractivity contribution in [2.24, 2.45) is 0 Å². The molecule has 0 fully saturated rings. The normalized spacial score (nSPS) is 11.6. The monoisotopic (exact) mass is 222 g/mol. The van der Waals surface area contributed by atoms with Gasteiger partial charge < -0.3 is 20.0 Å². The number of carbonyl (C=O) groups excluding carboxylic acids is 2. The summed E-state index contributed by atoms with van der Waals surface area (Å²) in [5.41, 5.74) is 0. The van der Waals surface area contributed by atoms with Crippen molar-refractivity contribution < 1.29 is 19.4 Å². The van der Waals surface area contributed by atoms with E-state index in [1.54, 1.807) is 24.3 Å². The van der Waals surface area contributed by atoms with Gasteiger partial charge in [-0.15, -0.1) is 0 Å². The molecule has 5 nitrogen and oxygen atoms in total. The van der Waals surface area contributed by atoms with Crippen LogP contribution in [0.2, 0.25) is 0 Å². The van der Waals surface area contributed by atoms with Crippen molar-refractivity contribution in [1.82, 2.24) is 5.32 Å². The summed E-state index contributed by atoms with van der Waals surface area (Å²) >= 11 is 0. The van der Waals surface area contributed by atoms with Crippen LogP contribution in [0.3, 0.4) is 0 Å². The largest absolute Gasteiger partial charge is 0.548 e. The van der Waals surface area contributed by atoms with Crippen molar-refractivity contribution >= 4 is 11.9 Å². The second-order valence-electron chi connectivity index (χ2n) is 3.21. The van der Waals surface area contributed by atoms with Crippen LogP contribution in [0, 0.1) is 0 Å². The van der Waals surface area contributed by atoms with Crippen LogP contribution in [0.1, 0.15) is 6.92 Å². The molecule has 86 valence electrons. The maximum absolute atomic E-state index is 11.2. The van der Waals surface area contributed by atoms with Gasteiger partial charge in [-0.2, -0.15) is 0 Å². The quantitative estimate of drug-likeness (QED) is 0.716. The van der Waals surface area contributed by atoms with Crippen molar-refractivity contribution in [1.29, 1.82) is 0 Å². The summed E-state index contributed by atoms with van der Waals surface area (Å²) in [6.45, 7) is 1.11. The predicted molar refractivity (Wildman–Crippen MR) is 54.5 cm³/mol. The molecule has 1 aromatic rings. The third kappa shape index (κ3) is 4.00. The Morgan fingerprint density at radius 1 is 1.38 bits per heavy atom. The van der Waals surface area contributed by atoms with Crippen LogP contribution in [-0.4, -0.2) is 24.5 Å². The molecule has 1 N–H and O–H groups in total. The second-order valence-corrected chi connectivity index (χ2v) is 3.21. The molecule has 0 heterocycles. The van der Waals surface area contributed by atoms with Gasteiger partial charge in [0.05, 0.1) is 12.0 Å². The van der Waals surface area contributed by atoms with E-state index < -0.39 is 17.9 Å². The molecular formula is C11H12NO4-. The molecule has 0 aliphatic rings. The summed E-state index contributed by atoms with van der Waals surface area (Å²) in [4.78, 5) is 21.5. The van der Waals surface area contributed by atoms with Crippen molar-refractivity contribution in [3.63, 3.8) is 0 Å². The van der Waals surface area contributed by atoms with Gasteiger partial charge in [-0.3, -0.25) is 4.79 Å². The van der Waals surface area contributed by atoms with Gasteiger partial charge in [-0.25, -0.2) is 0 Å². The number of aliphatic carboxylic acids is 1. The Morgan fingerprint density at radius 2 is 2.00 bits per heavy atom. The van der Waals surface area contributed by atoms with E-state index in [4.69, 9.17) is 4.74 Å². The average Bonchev–Trinajstić information content (AvgIpc) is 2.27. The lowest BCUT2D eigenvalue weighted by molar-refractivity contribution is -0.307. The fourth-order valence-corrected chi connectivity index (χ4v) is 1.01. The minimum absolute atomic E-state index is 0.221. The molecule has 0 bridgehead atoms. The number of benzene rings is 1. The van der Waals surface area contributed by atoms with E-state index in [1.807, 2.05) is 6.07 Å². The summed E-state index contributed by atoms with van der Waals surface area (Å²) in [6.07, 6.45) is 0. The van der Waals surface area contributed by atoms with Crippen LogP contribution in [0.5, 0.6) is 5.75 Å². The maximum Gasteiger partial charge on any atom is 0.258 e. The molecule has 0 unspecified atom stereocenters. The van der Waals surface area contributed by atoms with Gasteiger partial charge in [0.1, 0.15) is 5.75 Å². The first kappa shape index (κ1) is 12.0. The van der Waals surface area contributed by atoms with Crippen LogP contribution in [-0.2, 0) is 9.59 Å². The van der Waals surface area contributed by atoms with E-state index in [0.29, 0.717) is 5.75 Å². The highest BCUT2D eigenvalue weighted by Crippen LogP contribution is 2.07. The topological polar surface area (TPSA) is 78.5 Å². The zero-order chi connectivity index (χ0) is 12.0. The van der Waals surface area contributed by atoms with Gasteiger partial charge in [0.2, 0.25) is 0 Å². The Morgan fingerprint density at radius 3 is 2.56 bits per heavy atom. The zero-order valence-corrected chi connectivity index (χ0v) is 8.80. The van der Waals surface area contributed by atoms with Gasteiger partial charge >= 0.3 is 0 Å². The number of hydrogen-bond donors (Lipinski definition) is 1. The van der Waals surface area contributed by atoms with E-state index in [9.17, 15) is 14.7 Å².